The molecule has 1 N–H and O–H groups in total. The SMILES string of the molecule is O=C(CCCCCn1c(=S)[nH]c2ccccc2c1=O)N1CCN(C(=O)CN2CCOCC2)CC1. The summed E-state index contributed by atoms with van der Waals surface area (Å²) in [6, 6.07) is 7.37. The number of ether oxygens (including phenoxy) is 1. The van der Waals surface area contributed by atoms with Gasteiger partial charge in [-0.1, -0.05) is 18.6 Å². The standard InChI is InChI=1S/C24H33N5O4S/c30-21(27-10-12-28(13-11-27)22(31)18-26-14-16-33-17-15-26)8-2-1-5-9-29-23(32)19-6-3-4-7-20(19)25-24(29)34/h3-4,6-7H,1-2,5,8-18H2,(H,25,34). The first kappa shape index (κ1) is 24.6. The van der Waals surface area contributed by atoms with E-state index in [1.54, 1.807) is 10.6 Å². The molecule has 2 aromatic rings. The lowest BCUT2D eigenvalue weighted by Gasteiger charge is -2.36. The number of fused-ring (bicyclic) bond motifs is 1. The van der Waals surface area contributed by atoms with Gasteiger partial charge in [0.15, 0.2) is 4.77 Å². The normalized spacial score (nSPS) is 17.3. The van der Waals surface area contributed by atoms with Gasteiger partial charge in [-0.05, 0) is 37.2 Å². The summed E-state index contributed by atoms with van der Waals surface area (Å²) in [5.41, 5.74) is 0.679. The molecule has 3 heterocycles. The Labute approximate surface area is 204 Å². The number of amides is 2. The van der Waals surface area contributed by atoms with Crippen LogP contribution in [0.4, 0.5) is 0 Å². The number of nitrogens with one attached hydrogen (secondary N) is 1. The lowest BCUT2D eigenvalue weighted by molar-refractivity contribution is -0.140. The number of carbonyl (C=O) groups is 2. The predicted molar refractivity (Wildman–Crippen MR) is 132 cm³/mol. The first-order valence-corrected chi connectivity index (χ1v) is 12.5. The second kappa shape index (κ2) is 11.7. The molecule has 0 atom stereocenters. The molecule has 2 saturated heterocycles. The molecule has 2 amide bonds. The van der Waals surface area contributed by atoms with E-state index in [0.717, 1.165) is 37.9 Å². The summed E-state index contributed by atoms with van der Waals surface area (Å²) < 4.78 is 7.37. The highest BCUT2D eigenvalue weighted by Crippen LogP contribution is 2.10. The second-order valence-electron chi connectivity index (χ2n) is 8.89. The van der Waals surface area contributed by atoms with E-state index in [9.17, 15) is 14.4 Å². The number of unbranched alkanes of at least 4 members (excludes halogenated alkanes) is 2. The third-order valence-corrected chi connectivity index (χ3v) is 6.93. The number of rotatable bonds is 8. The summed E-state index contributed by atoms with van der Waals surface area (Å²) in [7, 11) is 0. The van der Waals surface area contributed by atoms with Crippen molar-refractivity contribution in [2.24, 2.45) is 0 Å². The second-order valence-corrected chi connectivity index (χ2v) is 9.28. The lowest BCUT2D eigenvalue weighted by Crippen LogP contribution is -2.53. The van der Waals surface area contributed by atoms with Gasteiger partial charge in [0.2, 0.25) is 11.8 Å². The number of aromatic amines is 1. The van der Waals surface area contributed by atoms with Gasteiger partial charge < -0.3 is 19.5 Å². The Kier molecular flexibility index (Phi) is 8.47. The van der Waals surface area contributed by atoms with Gasteiger partial charge in [-0.3, -0.25) is 23.9 Å². The van der Waals surface area contributed by atoms with Crippen molar-refractivity contribution in [3.05, 3.63) is 39.4 Å². The number of morpholine rings is 1. The molecular weight excluding hydrogens is 454 g/mol. The van der Waals surface area contributed by atoms with E-state index >= 15 is 0 Å². The van der Waals surface area contributed by atoms with Crippen molar-refractivity contribution < 1.29 is 14.3 Å². The minimum atomic E-state index is -0.0727. The Balaban J connectivity index is 1.16. The van der Waals surface area contributed by atoms with Crippen LogP contribution in [0.15, 0.2) is 29.1 Å². The van der Waals surface area contributed by atoms with Crippen molar-refractivity contribution in [2.45, 2.75) is 32.2 Å². The van der Waals surface area contributed by atoms with Crippen LogP contribution in [0.5, 0.6) is 0 Å². The number of nitrogens with zero attached hydrogens (tertiary/aromatic N) is 4. The van der Waals surface area contributed by atoms with E-state index in [4.69, 9.17) is 17.0 Å². The van der Waals surface area contributed by atoms with E-state index in [2.05, 4.69) is 9.88 Å². The molecule has 1 aromatic heterocycles. The Bertz CT molecular complexity index is 1120. The van der Waals surface area contributed by atoms with Crippen molar-refractivity contribution in [3.8, 4) is 0 Å². The van der Waals surface area contributed by atoms with Crippen LogP contribution in [0.2, 0.25) is 0 Å². The van der Waals surface area contributed by atoms with E-state index in [0.29, 0.717) is 69.1 Å². The van der Waals surface area contributed by atoms with Gasteiger partial charge in [0, 0.05) is 52.2 Å². The Morgan fingerprint density at radius 3 is 2.32 bits per heavy atom. The van der Waals surface area contributed by atoms with E-state index in [-0.39, 0.29) is 17.4 Å². The van der Waals surface area contributed by atoms with Crippen LogP contribution >= 0.6 is 12.2 Å². The molecule has 34 heavy (non-hydrogen) atoms. The van der Waals surface area contributed by atoms with Crippen LogP contribution in [-0.2, 0) is 20.9 Å². The molecule has 10 heteroatoms. The number of para-hydroxylation sites is 1. The van der Waals surface area contributed by atoms with Crippen LogP contribution < -0.4 is 5.56 Å². The monoisotopic (exact) mass is 487 g/mol. The fraction of sp³-hybridized carbons (Fsp3) is 0.583. The summed E-state index contributed by atoms with van der Waals surface area (Å²) in [6.07, 6.45) is 2.89. The van der Waals surface area contributed by atoms with E-state index in [1.165, 1.54) is 0 Å². The molecule has 0 spiro atoms. The average molecular weight is 488 g/mol. The molecule has 0 unspecified atom stereocenters. The number of piperazine rings is 1. The van der Waals surface area contributed by atoms with Crippen LogP contribution in [0, 0.1) is 4.77 Å². The molecule has 0 aliphatic carbocycles. The lowest BCUT2D eigenvalue weighted by atomic mass is 10.1. The number of carbonyl (C=O) groups excluding carboxylic acids is 2. The topological polar surface area (TPSA) is 90.9 Å². The first-order chi connectivity index (χ1) is 16.5. The molecule has 184 valence electrons. The summed E-state index contributed by atoms with van der Waals surface area (Å²) in [5.74, 6) is 0.275. The van der Waals surface area contributed by atoms with Crippen molar-refractivity contribution >= 4 is 34.9 Å². The van der Waals surface area contributed by atoms with Crippen LogP contribution in [0.1, 0.15) is 25.7 Å². The van der Waals surface area contributed by atoms with Gasteiger partial charge in [0.1, 0.15) is 0 Å². The van der Waals surface area contributed by atoms with Crippen molar-refractivity contribution in [1.29, 1.82) is 0 Å². The van der Waals surface area contributed by atoms with Gasteiger partial charge in [-0.2, -0.15) is 0 Å². The van der Waals surface area contributed by atoms with Crippen molar-refractivity contribution in [2.75, 3.05) is 59.0 Å². The van der Waals surface area contributed by atoms with Gasteiger partial charge in [0.25, 0.3) is 5.56 Å². The van der Waals surface area contributed by atoms with Crippen LogP contribution in [0.3, 0.4) is 0 Å². The molecule has 1 aromatic carbocycles. The Hall–Kier alpha value is -2.56. The van der Waals surface area contributed by atoms with Gasteiger partial charge in [-0.25, -0.2) is 0 Å². The fourth-order valence-electron chi connectivity index (χ4n) is 4.54. The Morgan fingerprint density at radius 2 is 1.59 bits per heavy atom. The van der Waals surface area contributed by atoms with E-state index < -0.39 is 0 Å². The third kappa shape index (κ3) is 6.11. The predicted octanol–water partition coefficient (Wildman–Crippen LogP) is 1.62. The number of hydrogen-bond acceptors (Lipinski definition) is 6. The van der Waals surface area contributed by atoms with E-state index in [1.807, 2.05) is 28.0 Å². The molecule has 0 saturated carbocycles. The highest BCUT2D eigenvalue weighted by molar-refractivity contribution is 7.71. The molecule has 0 radical (unpaired) electrons. The highest BCUT2D eigenvalue weighted by atomic mass is 32.1. The summed E-state index contributed by atoms with van der Waals surface area (Å²) in [6.45, 7) is 6.30. The molecule has 4 rings (SSSR count). The minimum absolute atomic E-state index is 0.0727. The summed E-state index contributed by atoms with van der Waals surface area (Å²) >= 11 is 5.36. The number of aromatic nitrogens is 2. The van der Waals surface area contributed by atoms with Crippen LogP contribution in [-0.4, -0.2) is 95.1 Å². The molecule has 2 fully saturated rings. The molecule has 9 nitrogen and oxygen atoms in total. The molecular formula is C24H33N5O4S. The number of hydrogen-bond donors (Lipinski definition) is 1. The Morgan fingerprint density at radius 1 is 0.912 bits per heavy atom. The third-order valence-electron chi connectivity index (χ3n) is 6.61. The summed E-state index contributed by atoms with van der Waals surface area (Å²) in [5, 5.41) is 0.633. The summed E-state index contributed by atoms with van der Waals surface area (Å²) in [4.78, 5) is 46.8. The van der Waals surface area contributed by atoms with Crippen molar-refractivity contribution in [1.82, 2.24) is 24.3 Å². The van der Waals surface area contributed by atoms with Gasteiger partial charge in [0.05, 0.1) is 30.7 Å². The number of benzene rings is 1. The molecule has 2 aliphatic rings. The average Bonchev–Trinajstić information content (AvgIpc) is 2.86. The van der Waals surface area contributed by atoms with Crippen LogP contribution in [0.25, 0.3) is 10.9 Å². The van der Waals surface area contributed by atoms with Gasteiger partial charge in [-0.15, -0.1) is 0 Å². The minimum Gasteiger partial charge on any atom is -0.379 e. The zero-order valence-corrected chi connectivity index (χ0v) is 20.4. The molecule has 2 aliphatic heterocycles. The fourth-order valence-corrected chi connectivity index (χ4v) is 4.82. The number of H-pyrrole nitrogens is 1. The largest absolute Gasteiger partial charge is 0.379 e. The molecule has 0 bridgehead atoms. The quantitative estimate of drug-likeness (QED) is 0.450. The zero-order chi connectivity index (χ0) is 23.9. The van der Waals surface area contributed by atoms with Crippen molar-refractivity contribution in [3.63, 3.8) is 0 Å². The maximum atomic E-state index is 12.7. The maximum Gasteiger partial charge on any atom is 0.262 e. The first-order valence-electron chi connectivity index (χ1n) is 12.1. The maximum absolute atomic E-state index is 12.7. The zero-order valence-electron chi connectivity index (χ0n) is 19.5. The highest BCUT2D eigenvalue weighted by Gasteiger charge is 2.25. The smallest absolute Gasteiger partial charge is 0.262 e. The van der Waals surface area contributed by atoms with Gasteiger partial charge >= 0.3 is 0 Å².